The number of ether oxygens (including phenoxy) is 2. The highest BCUT2D eigenvalue weighted by atomic mass is 35.5. The van der Waals surface area contributed by atoms with Gasteiger partial charge >= 0.3 is 11.9 Å². The molecule has 0 bridgehead atoms. The third-order valence-electron chi connectivity index (χ3n) is 5.08. The summed E-state index contributed by atoms with van der Waals surface area (Å²) in [5, 5.41) is 0.896. The van der Waals surface area contributed by atoms with Gasteiger partial charge in [-0.1, -0.05) is 41.4 Å². The summed E-state index contributed by atoms with van der Waals surface area (Å²) in [6.45, 7) is 0.290. The molecule has 0 spiro atoms. The van der Waals surface area contributed by atoms with E-state index in [1.54, 1.807) is 30.3 Å². The first-order valence-electron chi connectivity index (χ1n) is 9.52. The van der Waals surface area contributed by atoms with Crippen molar-refractivity contribution in [1.82, 2.24) is 4.31 Å². The summed E-state index contributed by atoms with van der Waals surface area (Å²) >= 11 is 11.9. The molecule has 0 atom stereocenters. The van der Waals surface area contributed by atoms with Crippen molar-refractivity contribution in [2.75, 3.05) is 20.2 Å². The van der Waals surface area contributed by atoms with Gasteiger partial charge in [-0.2, -0.15) is 4.31 Å². The van der Waals surface area contributed by atoms with Crippen molar-refractivity contribution >= 4 is 45.2 Å². The maximum Gasteiger partial charge on any atom is 0.339 e. The van der Waals surface area contributed by atoms with Crippen LogP contribution in [0.4, 0.5) is 0 Å². The average Bonchev–Trinajstić information content (AvgIpc) is 2.77. The zero-order valence-corrected chi connectivity index (χ0v) is 19.0. The van der Waals surface area contributed by atoms with Gasteiger partial charge in [0.25, 0.3) is 0 Å². The molecule has 2 aromatic carbocycles. The van der Waals surface area contributed by atoms with Crippen molar-refractivity contribution in [3.8, 4) is 0 Å². The number of hydrogen-bond acceptors (Lipinski definition) is 6. The predicted octanol–water partition coefficient (Wildman–Crippen LogP) is 3.92. The molecule has 31 heavy (non-hydrogen) atoms. The molecule has 1 aliphatic rings. The van der Waals surface area contributed by atoms with Crippen molar-refractivity contribution in [2.45, 2.75) is 24.3 Å². The zero-order valence-electron chi connectivity index (χ0n) is 16.7. The van der Waals surface area contributed by atoms with Crippen LogP contribution in [-0.4, -0.2) is 44.9 Å². The lowest BCUT2D eigenvalue weighted by Gasteiger charge is -2.30. The zero-order chi connectivity index (χ0) is 22.6. The Labute approximate surface area is 190 Å². The molecule has 0 radical (unpaired) electrons. The summed E-state index contributed by atoms with van der Waals surface area (Å²) in [6.07, 6.45) is 0.625. The molecule has 1 fully saturated rings. The van der Waals surface area contributed by atoms with Crippen molar-refractivity contribution in [3.63, 3.8) is 0 Å². The largest absolute Gasteiger partial charge is 0.465 e. The van der Waals surface area contributed by atoms with Gasteiger partial charge in [0.2, 0.25) is 10.0 Å². The second kappa shape index (κ2) is 9.99. The molecular formula is C21H21Cl2NO6S. The maximum absolute atomic E-state index is 13.1. The first kappa shape index (κ1) is 23.5. The van der Waals surface area contributed by atoms with E-state index in [0.29, 0.717) is 28.5 Å². The number of sulfonamides is 1. The molecule has 0 amide bonds. The Kier molecular flexibility index (Phi) is 7.59. The monoisotopic (exact) mass is 485 g/mol. The molecule has 0 N–H and O–H groups in total. The summed E-state index contributed by atoms with van der Waals surface area (Å²) in [6, 6.07) is 10.8. The van der Waals surface area contributed by atoms with Gasteiger partial charge in [-0.15, -0.1) is 0 Å². The molecule has 1 saturated heterocycles. The fourth-order valence-electron chi connectivity index (χ4n) is 3.35. The van der Waals surface area contributed by atoms with Gasteiger partial charge in [0.05, 0.1) is 23.5 Å². The van der Waals surface area contributed by atoms with Crippen molar-refractivity contribution in [3.05, 3.63) is 63.6 Å². The number of hydrogen-bond donors (Lipinski definition) is 0. The Morgan fingerprint density at radius 3 is 2.42 bits per heavy atom. The SMILES string of the molecule is COC(=O)c1ccccc1S(=O)(=O)N1CCC(C(=O)OCc2ccc(Cl)cc2Cl)CC1. The number of carbonyl (C=O) groups excluding carboxylic acids is 2. The number of carbonyl (C=O) groups is 2. The normalized spacial score (nSPS) is 15.5. The van der Waals surface area contributed by atoms with E-state index in [0.717, 1.165) is 0 Å². The number of nitrogens with zero attached hydrogens (tertiary/aromatic N) is 1. The molecule has 0 saturated carbocycles. The van der Waals surface area contributed by atoms with Crippen LogP contribution in [-0.2, 0) is 30.9 Å². The topological polar surface area (TPSA) is 90.0 Å². The summed E-state index contributed by atoms with van der Waals surface area (Å²) in [5.41, 5.74) is 0.616. The fourth-order valence-corrected chi connectivity index (χ4v) is 5.46. The Morgan fingerprint density at radius 1 is 1.10 bits per heavy atom. The fraction of sp³-hybridized carbons (Fsp3) is 0.333. The second-order valence-electron chi connectivity index (χ2n) is 7.01. The van der Waals surface area contributed by atoms with Crippen LogP contribution in [0.2, 0.25) is 10.0 Å². The second-order valence-corrected chi connectivity index (χ2v) is 9.76. The van der Waals surface area contributed by atoms with Crippen LogP contribution in [0.3, 0.4) is 0 Å². The lowest BCUT2D eigenvalue weighted by Crippen LogP contribution is -2.41. The van der Waals surface area contributed by atoms with E-state index in [1.165, 1.54) is 23.5 Å². The first-order valence-corrected chi connectivity index (χ1v) is 11.7. The number of rotatable bonds is 6. The number of piperidine rings is 1. The van der Waals surface area contributed by atoms with Crippen LogP contribution in [0.25, 0.3) is 0 Å². The molecule has 166 valence electrons. The minimum atomic E-state index is -3.91. The van der Waals surface area contributed by atoms with Crippen LogP contribution in [0.15, 0.2) is 47.4 Å². The van der Waals surface area contributed by atoms with Crippen molar-refractivity contribution in [1.29, 1.82) is 0 Å². The molecule has 10 heteroatoms. The molecule has 3 rings (SSSR count). The van der Waals surface area contributed by atoms with Gasteiger partial charge < -0.3 is 9.47 Å². The molecule has 0 aromatic heterocycles. The summed E-state index contributed by atoms with van der Waals surface area (Å²) in [7, 11) is -2.72. The highest BCUT2D eigenvalue weighted by Gasteiger charge is 2.34. The summed E-state index contributed by atoms with van der Waals surface area (Å²) in [4.78, 5) is 24.3. The third kappa shape index (κ3) is 5.38. The quantitative estimate of drug-likeness (QED) is 0.575. The van der Waals surface area contributed by atoms with Gasteiger partial charge in [0, 0.05) is 28.7 Å². The maximum atomic E-state index is 13.1. The Hall–Kier alpha value is -2.13. The highest BCUT2D eigenvalue weighted by molar-refractivity contribution is 7.89. The molecule has 0 unspecified atom stereocenters. The van der Waals surface area contributed by atoms with Gasteiger partial charge in [-0.05, 0) is 37.1 Å². The van der Waals surface area contributed by atoms with E-state index in [1.807, 2.05) is 0 Å². The Bertz CT molecular complexity index is 1080. The number of halogens is 2. The van der Waals surface area contributed by atoms with Crippen molar-refractivity contribution in [2.24, 2.45) is 5.92 Å². The van der Waals surface area contributed by atoms with Gasteiger partial charge in [0.1, 0.15) is 6.61 Å². The third-order valence-corrected chi connectivity index (χ3v) is 7.63. The summed E-state index contributed by atoms with van der Waals surface area (Å²) < 4.78 is 37.4. The van der Waals surface area contributed by atoms with Crippen LogP contribution in [0, 0.1) is 5.92 Å². The molecule has 0 aliphatic carbocycles. The lowest BCUT2D eigenvalue weighted by atomic mass is 9.98. The van der Waals surface area contributed by atoms with Crippen LogP contribution >= 0.6 is 23.2 Å². The van der Waals surface area contributed by atoms with E-state index in [4.69, 9.17) is 27.9 Å². The van der Waals surface area contributed by atoms with Gasteiger partial charge in [-0.25, -0.2) is 13.2 Å². The van der Waals surface area contributed by atoms with E-state index in [2.05, 4.69) is 4.74 Å². The summed E-state index contributed by atoms with van der Waals surface area (Å²) in [5.74, 6) is -1.55. The molecule has 1 aliphatic heterocycles. The first-order chi connectivity index (χ1) is 14.7. The van der Waals surface area contributed by atoms with E-state index in [-0.39, 0.29) is 30.2 Å². The molecule has 1 heterocycles. The minimum absolute atomic E-state index is 0.0137. The van der Waals surface area contributed by atoms with E-state index in [9.17, 15) is 18.0 Å². The number of esters is 2. The van der Waals surface area contributed by atoms with E-state index >= 15 is 0 Å². The predicted molar refractivity (Wildman–Crippen MR) is 116 cm³/mol. The molecule has 2 aromatic rings. The van der Waals surface area contributed by atoms with Crippen molar-refractivity contribution < 1.29 is 27.5 Å². The lowest BCUT2D eigenvalue weighted by molar-refractivity contribution is -0.151. The highest BCUT2D eigenvalue weighted by Crippen LogP contribution is 2.28. The Morgan fingerprint density at radius 2 is 1.77 bits per heavy atom. The molecule has 7 nitrogen and oxygen atoms in total. The van der Waals surface area contributed by atoms with Gasteiger partial charge in [0.15, 0.2) is 0 Å². The Balaban J connectivity index is 1.62. The number of benzene rings is 2. The van der Waals surface area contributed by atoms with Crippen LogP contribution in [0.1, 0.15) is 28.8 Å². The molecular weight excluding hydrogens is 465 g/mol. The van der Waals surface area contributed by atoms with Crippen LogP contribution in [0.5, 0.6) is 0 Å². The van der Waals surface area contributed by atoms with E-state index < -0.39 is 27.9 Å². The average molecular weight is 486 g/mol. The number of methoxy groups -OCH3 is 1. The van der Waals surface area contributed by atoms with Crippen LogP contribution < -0.4 is 0 Å². The minimum Gasteiger partial charge on any atom is -0.465 e. The smallest absolute Gasteiger partial charge is 0.339 e. The standard InChI is InChI=1S/C21H21Cl2NO6S/c1-29-21(26)17-4-2-3-5-19(17)31(27,28)24-10-8-14(9-11-24)20(25)30-13-15-6-7-16(22)12-18(15)23/h2-7,12,14H,8-11,13H2,1H3. The van der Waals surface area contributed by atoms with Gasteiger partial charge in [-0.3, -0.25) is 4.79 Å².